The molecule has 14 nitrogen and oxygen atoms in total. The molecule has 51 heavy (non-hydrogen) atoms. The first-order valence-corrected chi connectivity index (χ1v) is 16.9. The van der Waals surface area contributed by atoms with Gasteiger partial charge in [-0.25, -0.2) is 4.79 Å². The summed E-state index contributed by atoms with van der Waals surface area (Å²) in [6.45, 7) is 12.0. The van der Waals surface area contributed by atoms with Crippen molar-refractivity contribution in [2.24, 2.45) is 16.7 Å². The van der Waals surface area contributed by atoms with E-state index in [4.69, 9.17) is 33.2 Å². The largest absolute Gasteiger partial charge is 0.462 e. The third-order valence-corrected chi connectivity index (χ3v) is 11.1. The number of carbonyl (C=O) groups excluding carboxylic acids is 6. The van der Waals surface area contributed by atoms with Crippen LogP contribution in [-0.4, -0.2) is 95.4 Å². The van der Waals surface area contributed by atoms with Crippen molar-refractivity contribution in [2.75, 3.05) is 6.61 Å². The molecule has 0 aromatic heterocycles. The maximum absolute atomic E-state index is 14.1. The molecule has 10 atom stereocenters. The standard InChI is InChI=1S/C37H46O14/c1-18-25(46-19(2)38)16-36(34(7,8)44)28(18)29(49-22(5)41)31(50-23(6)42)35(9)26(47-20(3)39)15-27(48-21(4)40)37(17-45-32(36)30(35)37)51-33(43)24-13-11-10-12-14-24/h10-14,25-27,29-32,44H,15-17H2,1-9H3/t25-,26-,27-,29+,30?,31-,32?,35+,36-,37-/m0/s1. The molecule has 2 unspecified atom stereocenters. The van der Waals surface area contributed by atoms with Gasteiger partial charge >= 0.3 is 35.8 Å². The summed E-state index contributed by atoms with van der Waals surface area (Å²) in [6.07, 6.45) is -7.91. The van der Waals surface area contributed by atoms with Crippen molar-refractivity contribution in [2.45, 2.75) is 123 Å². The minimum Gasteiger partial charge on any atom is -0.462 e. The van der Waals surface area contributed by atoms with Crippen molar-refractivity contribution in [1.29, 1.82) is 0 Å². The van der Waals surface area contributed by atoms with Gasteiger partial charge in [0.15, 0.2) is 17.8 Å². The highest BCUT2D eigenvalue weighted by atomic mass is 16.6. The van der Waals surface area contributed by atoms with Crippen LogP contribution in [0.4, 0.5) is 0 Å². The summed E-state index contributed by atoms with van der Waals surface area (Å²) < 4.78 is 43.1. The zero-order chi connectivity index (χ0) is 37.8. The summed E-state index contributed by atoms with van der Waals surface area (Å²) in [5.41, 5.74) is -5.97. The van der Waals surface area contributed by atoms with E-state index >= 15 is 0 Å². The van der Waals surface area contributed by atoms with Crippen LogP contribution >= 0.6 is 0 Å². The molecule has 1 aliphatic heterocycles. The molecule has 1 aromatic rings. The van der Waals surface area contributed by atoms with Crippen LogP contribution in [0.3, 0.4) is 0 Å². The van der Waals surface area contributed by atoms with E-state index in [0.717, 1.165) is 6.92 Å². The van der Waals surface area contributed by atoms with Gasteiger partial charge in [-0.2, -0.15) is 0 Å². The Kier molecular flexibility index (Phi) is 9.93. The first kappa shape index (κ1) is 37.9. The van der Waals surface area contributed by atoms with Gasteiger partial charge in [-0.05, 0) is 44.1 Å². The highest BCUT2D eigenvalue weighted by molar-refractivity contribution is 5.89. The van der Waals surface area contributed by atoms with Gasteiger partial charge in [-0.1, -0.05) is 25.1 Å². The number of carbonyl (C=O) groups is 6. The highest BCUT2D eigenvalue weighted by Gasteiger charge is 2.81. The Labute approximate surface area is 296 Å². The average molecular weight is 715 g/mol. The molecular weight excluding hydrogens is 668 g/mol. The van der Waals surface area contributed by atoms with Crippen molar-refractivity contribution in [3.8, 4) is 0 Å². The first-order chi connectivity index (χ1) is 23.7. The Bertz CT molecular complexity index is 1640. The minimum absolute atomic E-state index is 0.0851. The lowest BCUT2D eigenvalue weighted by Crippen LogP contribution is -2.71. The average Bonchev–Trinajstić information content (AvgIpc) is 3.51. The fourth-order valence-corrected chi connectivity index (χ4v) is 9.36. The molecule has 1 N–H and O–H groups in total. The van der Waals surface area contributed by atoms with Crippen LogP contribution in [0.2, 0.25) is 0 Å². The summed E-state index contributed by atoms with van der Waals surface area (Å²) >= 11 is 0. The monoisotopic (exact) mass is 714 g/mol. The van der Waals surface area contributed by atoms with Crippen LogP contribution in [0.5, 0.6) is 0 Å². The SMILES string of the molecule is CC(=O)O[C@H]1C[C@]2(C(C)(C)O)C(=C1C)[C@@H](OC(C)=O)[C@H](OC(C)=O)[C@@]1(C)C3C2OC[C@]3(OC(=O)c2ccccc2)[C@@H](OC(C)=O)C[C@@H]1OC(C)=O. The molecule has 1 heterocycles. The molecule has 2 saturated carbocycles. The van der Waals surface area contributed by atoms with Crippen molar-refractivity contribution in [3.63, 3.8) is 0 Å². The normalized spacial score (nSPS) is 35.4. The zero-order valence-corrected chi connectivity index (χ0v) is 30.3. The van der Waals surface area contributed by atoms with E-state index in [1.54, 1.807) is 44.2 Å². The second-order valence-corrected chi connectivity index (χ2v) is 14.7. The molecule has 0 amide bonds. The van der Waals surface area contributed by atoms with Crippen LogP contribution in [0, 0.1) is 16.7 Å². The molecule has 3 aliphatic carbocycles. The van der Waals surface area contributed by atoms with E-state index < -0.39 is 100 Å². The molecule has 5 rings (SSSR count). The summed E-state index contributed by atoms with van der Waals surface area (Å²) in [5, 5.41) is 12.4. The van der Waals surface area contributed by atoms with Gasteiger partial charge < -0.3 is 38.3 Å². The molecule has 14 heteroatoms. The molecule has 0 radical (unpaired) electrons. The Hall–Kier alpha value is -4.30. The molecule has 3 fully saturated rings. The van der Waals surface area contributed by atoms with Gasteiger partial charge in [0.25, 0.3) is 0 Å². The number of benzene rings is 1. The van der Waals surface area contributed by atoms with E-state index in [0.29, 0.717) is 5.57 Å². The number of rotatable bonds is 8. The Balaban J connectivity index is 1.92. The lowest BCUT2D eigenvalue weighted by molar-refractivity contribution is -0.253. The second kappa shape index (κ2) is 13.4. The van der Waals surface area contributed by atoms with Gasteiger partial charge in [-0.15, -0.1) is 0 Å². The van der Waals surface area contributed by atoms with Gasteiger partial charge in [0.2, 0.25) is 0 Å². The van der Waals surface area contributed by atoms with Crippen LogP contribution in [0.25, 0.3) is 0 Å². The molecular formula is C37H46O14. The zero-order valence-electron chi connectivity index (χ0n) is 30.3. The van der Waals surface area contributed by atoms with Crippen LogP contribution in [0.1, 0.15) is 85.5 Å². The number of hydrogen-bond donors (Lipinski definition) is 1. The van der Waals surface area contributed by atoms with E-state index in [1.165, 1.54) is 41.5 Å². The van der Waals surface area contributed by atoms with Crippen LogP contribution in [0.15, 0.2) is 41.5 Å². The van der Waals surface area contributed by atoms with Crippen molar-refractivity contribution >= 4 is 35.8 Å². The fourth-order valence-electron chi connectivity index (χ4n) is 9.36. The topological polar surface area (TPSA) is 187 Å². The van der Waals surface area contributed by atoms with E-state index in [9.17, 15) is 33.9 Å². The fraction of sp³-hybridized carbons (Fsp3) is 0.622. The molecule has 278 valence electrons. The summed E-state index contributed by atoms with van der Waals surface area (Å²) in [6, 6.07) is 8.11. The first-order valence-electron chi connectivity index (χ1n) is 16.9. The van der Waals surface area contributed by atoms with Crippen LogP contribution < -0.4 is 0 Å². The maximum Gasteiger partial charge on any atom is 0.338 e. The lowest BCUT2D eigenvalue weighted by atomic mass is 9.52. The third kappa shape index (κ3) is 6.19. The third-order valence-electron chi connectivity index (χ3n) is 11.1. The summed E-state index contributed by atoms with van der Waals surface area (Å²) in [4.78, 5) is 78.2. The smallest absolute Gasteiger partial charge is 0.338 e. The van der Waals surface area contributed by atoms with Crippen LogP contribution in [-0.2, 0) is 57.1 Å². The van der Waals surface area contributed by atoms with Crippen molar-refractivity contribution in [1.82, 2.24) is 0 Å². The van der Waals surface area contributed by atoms with E-state index in [1.807, 2.05) is 0 Å². The predicted molar refractivity (Wildman–Crippen MR) is 174 cm³/mol. The summed E-state index contributed by atoms with van der Waals surface area (Å²) in [5.74, 6) is -5.60. The van der Waals surface area contributed by atoms with E-state index in [-0.39, 0.29) is 30.6 Å². The second-order valence-electron chi connectivity index (χ2n) is 14.7. The van der Waals surface area contributed by atoms with E-state index in [2.05, 4.69) is 0 Å². The molecule has 0 spiro atoms. The number of hydrogen-bond acceptors (Lipinski definition) is 14. The molecule has 4 aliphatic rings. The number of esters is 6. The number of aliphatic hydroxyl groups is 1. The van der Waals surface area contributed by atoms with Gasteiger partial charge in [0.1, 0.15) is 18.3 Å². The quantitative estimate of drug-likeness (QED) is 0.235. The minimum atomic E-state index is -1.85. The van der Waals surface area contributed by atoms with Crippen molar-refractivity contribution in [3.05, 3.63) is 47.0 Å². The van der Waals surface area contributed by atoms with Crippen molar-refractivity contribution < 1.29 is 67.0 Å². The van der Waals surface area contributed by atoms with Gasteiger partial charge in [0, 0.05) is 53.4 Å². The molecule has 1 aromatic carbocycles. The van der Waals surface area contributed by atoms with Gasteiger partial charge in [-0.3, -0.25) is 24.0 Å². The predicted octanol–water partition coefficient (Wildman–Crippen LogP) is 3.16. The Morgan fingerprint density at radius 1 is 0.804 bits per heavy atom. The number of fused-ring (bicyclic) bond motifs is 2. The molecule has 0 bridgehead atoms. The van der Waals surface area contributed by atoms with Gasteiger partial charge in [0.05, 0.1) is 34.7 Å². The lowest BCUT2D eigenvalue weighted by Gasteiger charge is -2.57. The summed E-state index contributed by atoms with van der Waals surface area (Å²) in [7, 11) is 0. The Morgan fingerprint density at radius 3 is 1.88 bits per heavy atom. The molecule has 1 saturated heterocycles. The highest BCUT2D eigenvalue weighted by Crippen LogP contribution is 2.70. The Morgan fingerprint density at radius 2 is 1.35 bits per heavy atom. The maximum atomic E-state index is 14.1. The number of ether oxygens (including phenoxy) is 7.